The lowest BCUT2D eigenvalue weighted by Crippen LogP contribution is -2.53. The summed E-state index contributed by atoms with van der Waals surface area (Å²) in [6.45, 7) is 1.64. The molecule has 6 nitrogen and oxygen atoms in total. The molecule has 1 fully saturated rings. The molecule has 1 unspecified atom stereocenters. The second-order valence-corrected chi connectivity index (χ2v) is 7.04. The molecule has 0 bridgehead atoms. The zero-order chi connectivity index (χ0) is 19.3. The third-order valence-corrected chi connectivity index (χ3v) is 4.38. The molecule has 1 aliphatic heterocycles. The fourth-order valence-corrected chi connectivity index (χ4v) is 2.87. The number of para-hydroxylation sites is 1. The molecule has 27 heavy (non-hydrogen) atoms. The highest BCUT2D eigenvalue weighted by Gasteiger charge is 2.32. The van der Waals surface area contributed by atoms with E-state index in [2.05, 4.69) is 10.1 Å². The Morgan fingerprint density at radius 2 is 2.04 bits per heavy atom. The Labute approximate surface area is 163 Å². The van der Waals surface area contributed by atoms with Crippen LogP contribution in [0.1, 0.15) is 37.0 Å². The molecular weight excluding hydrogens is 380 g/mol. The van der Waals surface area contributed by atoms with E-state index < -0.39 is 18.1 Å². The maximum Gasteiger partial charge on any atom is 0.387 e. The van der Waals surface area contributed by atoms with Crippen molar-refractivity contribution in [3.63, 3.8) is 0 Å². The van der Waals surface area contributed by atoms with Crippen LogP contribution < -0.4 is 15.8 Å². The number of benzene rings is 1. The molecule has 0 spiro atoms. The molecule has 0 saturated carbocycles. The first-order valence-electron chi connectivity index (χ1n) is 8.58. The predicted molar refractivity (Wildman–Crippen MR) is 100 cm³/mol. The van der Waals surface area contributed by atoms with Crippen molar-refractivity contribution in [3.05, 3.63) is 29.8 Å². The van der Waals surface area contributed by atoms with Crippen LogP contribution >= 0.6 is 12.4 Å². The summed E-state index contributed by atoms with van der Waals surface area (Å²) in [6, 6.07) is 5.89. The first-order valence-corrected chi connectivity index (χ1v) is 8.58. The Morgan fingerprint density at radius 3 is 2.67 bits per heavy atom. The molecule has 3 N–H and O–H groups in total. The lowest BCUT2D eigenvalue weighted by atomic mass is 9.94. The normalized spacial score (nSPS) is 17.3. The maximum atomic E-state index is 12.8. The van der Waals surface area contributed by atoms with E-state index in [1.807, 2.05) is 13.8 Å². The Bertz CT molecular complexity index is 658. The lowest BCUT2D eigenvalue weighted by Gasteiger charge is -2.34. The number of nitrogens with one attached hydrogen (secondary N) is 1. The molecular formula is C18H26ClF2N3O3. The van der Waals surface area contributed by atoms with Gasteiger partial charge in [0.2, 0.25) is 5.91 Å². The summed E-state index contributed by atoms with van der Waals surface area (Å²) in [7, 11) is 0. The van der Waals surface area contributed by atoms with E-state index in [0.717, 1.165) is 0 Å². The first-order chi connectivity index (χ1) is 12.2. The van der Waals surface area contributed by atoms with Gasteiger partial charge in [-0.1, -0.05) is 12.1 Å². The molecule has 1 aromatic carbocycles. The molecule has 1 saturated heterocycles. The first kappa shape index (κ1) is 23.1. The molecule has 2 amide bonds. The molecule has 152 valence electrons. The van der Waals surface area contributed by atoms with Crippen LogP contribution in [0, 0.1) is 5.92 Å². The van der Waals surface area contributed by atoms with Crippen LogP contribution in [0.3, 0.4) is 0 Å². The molecule has 1 aliphatic rings. The largest absolute Gasteiger partial charge is 0.434 e. The topological polar surface area (TPSA) is 84.7 Å². The second-order valence-electron chi connectivity index (χ2n) is 7.04. The van der Waals surface area contributed by atoms with E-state index in [9.17, 15) is 18.4 Å². The van der Waals surface area contributed by atoms with Gasteiger partial charge in [-0.25, -0.2) is 0 Å². The molecule has 2 rings (SSSR count). The summed E-state index contributed by atoms with van der Waals surface area (Å²) in [6.07, 6.45) is 1.32. The fraction of sp³-hybridized carbons (Fsp3) is 0.556. The lowest BCUT2D eigenvalue weighted by molar-refractivity contribution is -0.127. The average molecular weight is 406 g/mol. The van der Waals surface area contributed by atoms with E-state index in [-0.39, 0.29) is 42.1 Å². The van der Waals surface area contributed by atoms with Gasteiger partial charge in [-0.3, -0.25) is 9.59 Å². The van der Waals surface area contributed by atoms with Gasteiger partial charge in [0.05, 0.1) is 11.5 Å². The van der Waals surface area contributed by atoms with Crippen LogP contribution in [0.5, 0.6) is 5.75 Å². The number of ether oxygens (including phenoxy) is 1. The summed E-state index contributed by atoms with van der Waals surface area (Å²) in [4.78, 5) is 26.7. The SMILES string of the molecule is CC(C)(CN)NC(=O)C1CCCN(C(=O)c2ccccc2OC(F)F)C1.Cl. The third-order valence-electron chi connectivity index (χ3n) is 4.38. The van der Waals surface area contributed by atoms with E-state index >= 15 is 0 Å². The average Bonchev–Trinajstić information content (AvgIpc) is 2.61. The molecule has 0 aliphatic carbocycles. The van der Waals surface area contributed by atoms with Gasteiger partial charge in [-0.05, 0) is 38.8 Å². The van der Waals surface area contributed by atoms with E-state index in [0.29, 0.717) is 25.9 Å². The summed E-state index contributed by atoms with van der Waals surface area (Å²) in [5, 5.41) is 2.89. The Balaban J connectivity index is 0.00000364. The van der Waals surface area contributed by atoms with Gasteiger partial charge in [-0.15, -0.1) is 12.4 Å². The van der Waals surface area contributed by atoms with Crippen molar-refractivity contribution in [2.75, 3.05) is 19.6 Å². The highest BCUT2D eigenvalue weighted by molar-refractivity contribution is 5.97. The molecule has 1 heterocycles. The number of likely N-dealkylation sites (tertiary alicyclic amines) is 1. The second kappa shape index (κ2) is 9.85. The van der Waals surface area contributed by atoms with Gasteiger partial charge in [0, 0.05) is 25.2 Å². The van der Waals surface area contributed by atoms with E-state index in [4.69, 9.17) is 5.73 Å². The number of nitrogens with zero attached hydrogens (tertiary/aromatic N) is 1. The van der Waals surface area contributed by atoms with Gasteiger partial charge < -0.3 is 20.7 Å². The van der Waals surface area contributed by atoms with Crippen molar-refractivity contribution in [2.24, 2.45) is 11.7 Å². The van der Waals surface area contributed by atoms with Crippen molar-refractivity contribution < 1.29 is 23.1 Å². The van der Waals surface area contributed by atoms with Gasteiger partial charge >= 0.3 is 6.61 Å². The number of rotatable bonds is 6. The highest BCUT2D eigenvalue weighted by Crippen LogP contribution is 2.25. The molecule has 1 aromatic rings. The monoisotopic (exact) mass is 405 g/mol. The van der Waals surface area contributed by atoms with Crippen LogP contribution in [0.15, 0.2) is 24.3 Å². The number of carbonyl (C=O) groups excluding carboxylic acids is 2. The smallest absolute Gasteiger partial charge is 0.387 e. The molecule has 9 heteroatoms. The van der Waals surface area contributed by atoms with Crippen molar-refractivity contribution in [2.45, 2.75) is 38.8 Å². The van der Waals surface area contributed by atoms with Gasteiger partial charge in [0.1, 0.15) is 5.75 Å². The van der Waals surface area contributed by atoms with Crippen molar-refractivity contribution >= 4 is 24.2 Å². The minimum absolute atomic E-state index is 0. The molecule has 0 aromatic heterocycles. The number of nitrogens with two attached hydrogens (primary N) is 1. The number of amides is 2. The summed E-state index contributed by atoms with van der Waals surface area (Å²) in [5.41, 5.74) is 5.18. The summed E-state index contributed by atoms with van der Waals surface area (Å²) >= 11 is 0. The third kappa shape index (κ3) is 6.32. The number of carbonyl (C=O) groups is 2. The number of halogens is 3. The molecule has 1 atom stereocenters. The number of hydrogen-bond donors (Lipinski definition) is 2. The van der Waals surface area contributed by atoms with Crippen LogP contribution in [0.25, 0.3) is 0 Å². The zero-order valence-electron chi connectivity index (χ0n) is 15.4. The van der Waals surface area contributed by atoms with Crippen molar-refractivity contribution in [1.29, 1.82) is 0 Å². The summed E-state index contributed by atoms with van der Waals surface area (Å²) in [5.74, 6) is -1.10. The summed E-state index contributed by atoms with van der Waals surface area (Å²) < 4.78 is 29.5. The zero-order valence-corrected chi connectivity index (χ0v) is 16.2. The van der Waals surface area contributed by atoms with Crippen LogP contribution in [-0.2, 0) is 4.79 Å². The number of piperidine rings is 1. The molecule has 0 radical (unpaired) electrons. The van der Waals surface area contributed by atoms with Crippen molar-refractivity contribution in [1.82, 2.24) is 10.2 Å². The quantitative estimate of drug-likeness (QED) is 0.761. The standard InChI is InChI=1S/C18H25F2N3O3.ClH/c1-18(2,11-21)22-15(24)12-6-5-9-23(10-12)16(25)13-7-3-4-8-14(13)26-17(19)20;/h3-4,7-8,12,17H,5-6,9-11,21H2,1-2H3,(H,22,24);1H. The van der Waals surface area contributed by atoms with Gasteiger partial charge in [-0.2, -0.15) is 8.78 Å². The van der Waals surface area contributed by atoms with Crippen LogP contribution in [0.2, 0.25) is 0 Å². The van der Waals surface area contributed by atoms with Crippen LogP contribution in [0.4, 0.5) is 8.78 Å². The highest BCUT2D eigenvalue weighted by atomic mass is 35.5. The van der Waals surface area contributed by atoms with Crippen LogP contribution in [-0.4, -0.2) is 48.5 Å². The van der Waals surface area contributed by atoms with Gasteiger partial charge in [0.25, 0.3) is 5.91 Å². The maximum absolute atomic E-state index is 12.8. The Morgan fingerprint density at radius 1 is 1.37 bits per heavy atom. The van der Waals surface area contributed by atoms with Crippen molar-refractivity contribution in [3.8, 4) is 5.75 Å². The Kier molecular flexibility index (Phi) is 8.43. The number of hydrogen-bond acceptors (Lipinski definition) is 4. The minimum Gasteiger partial charge on any atom is -0.434 e. The predicted octanol–water partition coefficient (Wildman–Crippen LogP) is 2.42. The minimum atomic E-state index is -3.01. The van der Waals surface area contributed by atoms with E-state index in [1.165, 1.54) is 23.1 Å². The van der Waals surface area contributed by atoms with E-state index in [1.54, 1.807) is 6.07 Å². The number of alkyl halides is 2. The fourth-order valence-electron chi connectivity index (χ4n) is 2.87. The van der Waals surface area contributed by atoms with Gasteiger partial charge in [0.15, 0.2) is 0 Å². The Hall–Kier alpha value is -1.93.